The summed E-state index contributed by atoms with van der Waals surface area (Å²) in [6, 6.07) is 0. The van der Waals surface area contributed by atoms with Crippen LogP contribution in [0, 0.1) is 0 Å². The summed E-state index contributed by atoms with van der Waals surface area (Å²) >= 11 is 0. The smallest absolute Gasteiger partial charge is 0.457 e. The highest BCUT2D eigenvalue weighted by molar-refractivity contribution is 7.47. The summed E-state index contributed by atoms with van der Waals surface area (Å²) in [5, 5.41) is 18.6. The molecule has 14 heteroatoms. The molecule has 0 rings (SSSR count). The van der Waals surface area contributed by atoms with Crippen molar-refractivity contribution in [2.24, 2.45) is 0 Å². The molecule has 0 fully saturated rings. The number of esters is 1. The van der Waals surface area contributed by atoms with Gasteiger partial charge in [-0.3, -0.25) is 22.9 Å². The molecule has 4 atom stereocenters. The van der Waals surface area contributed by atoms with Gasteiger partial charge in [-0.05, 0) is 6.42 Å². The van der Waals surface area contributed by atoms with Gasteiger partial charge in [-0.15, -0.1) is 0 Å². The maximum Gasteiger partial charge on any atom is 0.472 e. The zero-order chi connectivity index (χ0) is 20.2. The van der Waals surface area contributed by atoms with E-state index in [2.05, 4.69) is 18.1 Å². The number of hydrogen-bond acceptors (Lipinski definition) is 10. The van der Waals surface area contributed by atoms with Gasteiger partial charge in [0, 0.05) is 13.5 Å². The maximum atomic E-state index is 11.7. The first-order valence-corrected chi connectivity index (χ1v) is 10.7. The summed E-state index contributed by atoms with van der Waals surface area (Å²) in [6.45, 7) is -0.803. The van der Waals surface area contributed by atoms with Crippen molar-refractivity contribution in [1.29, 1.82) is 0 Å². The third-order valence-corrected chi connectivity index (χ3v) is 4.64. The third-order valence-electron chi connectivity index (χ3n) is 2.75. The minimum absolute atomic E-state index is 0.142. The molecule has 0 amide bonds. The van der Waals surface area contributed by atoms with Crippen LogP contribution >= 0.6 is 15.6 Å². The molecule has 2 unspecified atom stereocenters. The molecule has 0 spiro atoms. The molecule has 12 nitrogen and oxygen atoms in total. The van der Waals surface area contributed by atoms with E-state index in [0.29, 0.717) is 6.42 Å². The van der Waals surface area contributed by atoms with Gasteiger partial charge in [0.15, 0.2) is 0 Å². The van der Waals surface area contributed by atoms with Gasteiger partial charge < -0.3 is 24.7 Å². The summed E-state index contributed by atoms with van der Waals surface area (Å²) in [4.78, 5) is 29.9. The summed E-state index contributed by atoms with van der Waals surface area (Å²) in [6.07, 6.45) is -1.16. The zero-order valence-electron chi connectivity index (χ0n) is 14.6. The molecule has 26 heavy (non-hydrogen) atoms. The quantitative estimate of drug-likeness (QED) is 0.210. The maximum absolute atomic E-state index is 11.7. The number of aliphatic hydroxyl groups is 2. The molecule has 0 aromatic heterocycles. The van der Waals surface area contributed by atoms with Gasteiger partial charge in [0.1, 0.15) is 12.2 Å². The number of carbonyl (C=O) groups is 1. The summed E-state index contributed by atoms with van der Waals surface area (Å²) < 4.78 is 45.1. The Morgan fingerprint density at radius 1 is 1.04 bits per heavy atom. The Morgan fingerprint density at radius 2 is 1.58 bits per heavy atom. The van der Waals surface area contributed by atoms with Crippen LogP contribution in [0.3, 0.4) is 0 Å². The van der Waals surface area contributed by atoms with Crippen molar-refractivity contribution < 1.29 is 56.8 Å². The van der Waals surface area contributed by atoms with Crippen LogP contribution in [-0.4, -0.2) is 71.7 Å². The molecular formula is C12H26O12P2. The molecule has 0 aliphatic carbocycles. The van der Waals surface area contributed by atoms with E-state index in [1.807, 2.05) is 6.92 Å². The lowest BCUT2D eigenvalue weighted by atomic mass is 10.2. The van der Waals surface area contributed by atoms with Gasteiger partial charge in [0.25, 0.3) is 0 Å². The van der Waals surface area contributed by atoms with Gasteiger partial charge >= 0.3 is 21.6 Å². The normalized spacial score (nSPS) is 18.5. The lowest BCUT2D eigenvalue weighted by Gasteiger charge is -2.19. The Kier molecular flexibility index (Phi) is 12.7. The molecule has 0 saturated heterocycles. The number of ether oxygens (including phenoxy) is 1. The molecule has 0 radical (unpaired) electrons. The van der Waals surface area contributed by atoms with Crippen molar-refractivity contribution >= 4 is 21.6 Å². The van der Waals surface area contributed by atoms with Crippen molar-refractivity contribution in [2.45, 2.75) is 38.4 Å². The molecule has 0 aliphatic heterocycles. The van der Waals surface area contributed by atoms with Crippen LogP contribution in [0.25, 0.3) is 0 Å². The Labute approximate surface area is 151 Å². The van der Waals surface area contributed by atoms with Gasteiger partial charge in [0.05, 0.1) is 26.4 Å². The van der Waals surface area contributed by atoms with Crippen molar-refractivity contribution in [1.82, 2.24) is 0 Å². The Hall–Kier alpha value is -0.390. The highest BCUT2D eigenvalue weighted by Crippen LogP contribution is 2.44. The van der Waals surface area contributed by atoms with E-state index in [4.69, 9.17) is 14.7 Å². The summed E-state index contributed by atoms with van der Waals surface area (Å²) in [5.74, 6) is -0.581. The van der Waals surface area contributed by atoms with Crippen LogP contribution in [0.5, 0.6) is 0 Å². The van der Waals surface area contributed by atoms with Gasteiger partial charge in [0.2, 0.25) is 0 Å². The molecule has 0 heterocycles. The SMILES string of the molecule is CCCCC(=O)O[C@H](CO)COP(=O)(O)OC[C@@H](O)COP(=O)(O)OC. The van der Waals surface area contributed by atoms with E-state index in [1.54, 1.807) is 0 Å². The number of rotatable bonds is 15. The van der Waals surface area contributed by atoms with E-state index in [0.717, 1.165) is 13.5 Å². The van der Waals surface area contributed by atoms with E-state index >= 15 is 0 Å². The number of phosphoric acid groups is 2. The molecule has 0 aromatic rings. The van der Waals surface area contributed by atoms with Crippen LogP contribution in [0.2, 0.25) is 0 Å². The largest absolute Gasteiger partial charge is 0.472 e. The van der Waals surface area contributed by atoms with Crippen LogP contribution in [-0.2, 0) is 36.8 Å². The van der Waals surface area contributed by atoms with E-state index in [9.17, 15) is 23.9 Å². The van der Waals surface area contributed by atoms with E-state index in [1.165, 1.54) is 0 Å². The number of hydrogen-bond donors (Lipinski definition) is 4. The number of unbranched alkanes of at least 4 members (excludes halogenated alkanes) is 1. The molecule has 4 N–H and O–H groups in total. The zero-order valence-corrected chi connectivity index (χ0v) is 16.3. The van der Waals surface area contributed by atoms with E-state index < -0.39 is 60.3 Å². The average Bonchev–Trinajstić information content (AvgIpc) is 2.60. The molecular weight excluding hydrogens is 398 g/mol. The van der Waals surface area contributed by atoms with Crippen LogP contribution in [0.4, 0.5) is 0 Å². The van der Waals surface area contributed by atoms with Crippen molar-refractivity contribution in [2.75, 3.05) is 33.5 Å². The molecule has 156 valence electrons. The fraction of sp³-hybridized carbons (Fsp3) is 0.917. The molecule has 0 aromatic carbocycles. The van der Waals surface area contributed by atoms with Crippen molar-refractivity contribution in [3.05, 3.63) is 0 Å². The second-order valence-electron chi connectivity index (χ2n) is 5.06. The lowest BCUT2D eigenvalue weighted by molar-refractivity contribution is -0.153. The first-order chi connectivity index (χ1) is 12.0. The minimum Gasteiger partial charge on any atom is -0.457 e. The van der Waals surface area contributed by atoms with Gasteiger partial charge in [-0.1, -0.05) is 13.3 Å². The van der Waals surface area contributed by atoms with Crippen LogP contribution in [0.15, 0.2) is 0 Å². The topological polar surface area (TPSA) is 178 Å². The highest BCUT2D eigenvalue weighted by Gasteiger charge is 2.27. The minimum atomic E-state index is -4.63. The highest BCUT2D eigenvalue weighted by atomic mass is 31.2. The fourth-order valence-corrected chi connectivity index (χ4v) is 2.62. The predicted octanol–water partition coefficient (Wildman–Crippen LogP) is 0.339. The fourth-order valence-electron chi connectivity index (χ4n) is 1.37. The van der Waals surface area contributed by atoms with E-state index in [-0.39, 0.29) is 6.42 Å². The second kappa shape index (κ2) is 12.9. The third kappa shape index (κ3) is 12.9. The lowest BCUT2D eigenvalue weighted by Crippen LogP contribution is -2.27. The molecule has 0 saturated carbocycles. The van der Waals surface area contributed by atoms with Crippen LogP contribution in [0.1, 0.15) is 26.2 Å². The standard InChI is InChI=1S/C12H26O12P2/c1-3-4-5-12(15)24-11(6-13)9-23-26(18,19)22-8-10(14)7-21-25(16,17)20-2/h10-11,13-14H,3-9H2,1-2H3,(H,16,17)(H,18,19)/t10-,11+/m0/s1. The summed E-state index contributed by atoms with van der Waals surface area (Å²) in [7, 11) is -8.01. The Balaban J connectivity index is 4.24. The Bertz CT molecular complexity index is 499. The van der Waals surface area contributed by atoms with Gasteiger partial charge in [-0.25, -0.2) is 9.13 Å². The summed E-state index contributed by atoms with van der Waals surface area (Å²) in [5.41, 5.74) is 0. The number of aliphatic hydroxyl groups excluding tert-OH is 2. The van der Waals surface area contributed by atoms with Crippen molar-refractivity contribution in [3.63, 3.8) is 0 Å². The first kappa shape index (κ1) is 25.6. The van der Waals surface area contributed by atoms with Crippen LogP contribution < -0.4 is 0 Å². The van der Waals surface area contributed by atoms with Crippen molar-refractivity contribution in [3.8, 4) is 0 Å². The average molecular weight is 424 g/mol. The first-order valence-electron chi connectivity index (χ1n) is 7.68. The Morgan fingerprint density at radius 3 is 2.08 bits per heavy atom. The monoisotopic (exact) mass is 424 g/mol. The number of carbonyl (C=O) groups excluding carboxylic acids is 1. The predicted molar refractivity (Wildman–Crippen MR) is 87.0 cm³/mol. The second-order valence-corrected chi connectivity index (χ2v) is 8.07. The number of phosphoric ester groups is 2. The molecule has 0 bridgehead atoms. The molecule has 0 aliphatic rings. The van der Waals surface area contributed by atoms with Gasteiger partial charge in [-0.2, -0.15) is 0 Å².